The SMILES string of the molecule is Cc1ccc(S(=O)(=O)O)cc1.Cc1ccsc1C(=O)Nc1cc(CN2CCN(C(=O)CO)CC2)ccc1C=Cc1n[nH]c2ccccc12. The summed E-state index contributed by atoms with van der Waals surface area (Å²) >= 11 is 1.43. The lowest BCUT2D eigenvalue weighted by atomic mass is 10.1. The Kier molecular flexibility index (Phi) is 11.2. The van der Waals surface area contributed by atoms with Crippen molar-refractivity contribution in [2.75, 3.05) is 38.1 Å². The van der Waals surface area contributed by atoms with Gasteiger partial charge in [-0.3, -0.25) is 24.1 Å². The molecule has 6 rings (SSSR count). The van der Waals surface area contributed by atoms with Crippen LogP contribution in [0.3, 0.4) is 0 Å². The number of aromatic amines is 1. The Morgan fingerprint density at radius 2 is 1.71 bits per heavy atom. The van der Waals surface area contributed by atoms with E-state index in [0.29, 0.717) is 24.5 Å². The molecule has 0 atom stereocenters. The number of benzene rings is 3. The molecule has 250 valence electrons. The Bertz CT molecular complexity index is 2030. The minimum Gasteiger partial charge on any atom is -0.387 e. The molecule has 0 unspecified atom stereocenters. The minimum absolute atomic E-state index is 0.0666. The fraction of sp³-hybridized carbons (Fsp3) is 0.229. The minimum atomic E-state index is -4.02. The highest BCUT2D eigenvalue weighted by atomic mass is 32.2. The standard InChI is InChI=1S/C28H29N5O3S.C7H8O3S/c1-19-10-15-37-27(19)28(36)29-25-16-20(17-32-11-13-33(14-12-32)26(35)18-34)6-7-21(25)8-9-24-22-4-2-3-5-23(22)30-31-24;1-6-2-4-7(5-3-6)11(8,9)10/h2-10,15-16,34H,11-14,17-18H2,1H3,(H,29,36)(H,30,31);2-5H,1H3,(H,8,9,10). The zero-order valence-corrected chi connectivity index (χ0v) is 28.2. The van der Waals surface area contributed by atoms with Crippen molar-refractivity contribution in [3.05, 3.63) is 111 Å². The first-order valence-electron chi connectivity index (χ1n) is 15.3. The maximum atomic E-state index is 13.1. The summed E-state index contributed by atoms with van der Waals surface area (Å²) < 4.78 is 29.6. The van der Waals surface area contributed by atoms with Crippen molar-refractivity contribution < 1.29 is 27.7 Å². The number of thiophene rings is 1. The van der Waals surface area contributed by atoms with Crippen LogP contribution < -0.4 is 5.32 Å². The number of fused-ring (bicyclic) bond motifs is 1. The number of carbonyl (C=O) groups excluding carboxylic acids is 2. The van der Waals surface area contributed by atoms with Crippen LogP contribution in [-0.4, -0.2) is 82.7 Å². The molecule has 2 aromatic heterocycles. The molecular weight excluding hydrogens is 651 g/mol. The number of piperazine rings is 1. The van der Waals surface area contributed by atoms with Gasteiger partial charge in [-0.05, 0) is 72.3 Å². The molecule has 13 heteroatoms. The van der Waals surface area contributed by atoms with Crippen molar-refractivity contribution in [2.45, 2.75) is 25.3 Å². The van der Waals surface area contributed by atoms with Gasteiger partial charge in [0.05, 0.1) is 21.0 Å². The number of hydrogen-bond donors (Lipinski definition) is 4. The molecule has 5 aromatic rings. The molecule has 4 N–H and O–H groups in total. The van der Waals surface area contributed by atoms with Crippen LogP contribution in [0.15, 0.2) is 83.1 Å². The number of aryl methyl sites for hydroxylation is 2. The highest BCUT2D eigenvalue weighted by Crippen LogP contribution is 2.26. The first kappa shape index (κ1) is 34.7. The van der Waals surface area contributed by atoms with Gasteiger partial charge in [0.1, 0.15) is 6.61 Å². The van der Waals surface area contributed by atoms with E-state index in [-0.39, 0.29) is 16.7 Å². The van der Waals surface area contributed by atoms with Crippen molar-refractivity contribution in [3.63, 3.8) is 0 Å². The van der Waals surface area contributed by atoms with Gasteiger partial charge in [-0.1, -0.05) is 54.1 Å². The number of aliphatic hydroxyl groups is 1. The maximum Gasteiger partial charge on any atom is 0.294 e. The van der Waals surface area contributed by atoms with Gasteiger partial charge in [0, 0.05) is 43.8 Å². The van der Waals surface area contributed by atoms with E-state index < -0.39 is 16.7 Å². The highest BCUT2D eigenvalue weighted by molar-refractivity contribution is 7.85. The van der Waals surface area contributed by atoms with Crippen molar-refractivity contribution in [1.29, 1.82) is 0 Å². The lowest BCUT2D eigenvalue weighted by Crippen LogP contribution is -2.49. The van der Waals surface area contributed by atoms with E-state index in [1.807, 2.05) is 73.8 Å². The van der Waals surface area contributed by atoms with Gasteiger partial charge >= 0.3 is 0 Å². The molecule has 0 bridgehead atoms. The molecule has 1 saturated heterocycles. The number of para-hydroxylation sites is 1. The molecule has 11 nitrogen and oxygen atoms in total. The number of carbonyl (C=O) groups is 2. The molecule has 0 aliphatic carbocycles. The number of aliphatic hydroxyl groups excluding tert-OH is 1. The molecule has 1 aliphatic heterocycles. The third-order valence-electron chi connectivity index (χ3n) is 7.94. The van der Waals surface area contributed by atoms with Gasteiger partial charge < -0.3 is 15.3 Å². The Labute approximate surface area is 283 Å². The van der Waals surface area contributed by atoms with E-state index in [1.54, 1.807) is 17.0 Å². The van der Waals surface area contributed by atoms with E-state index in [4.69, 9.17) is 9.66 Å². The van der Waals surface area contributed by atoms with E-state index >= 15 is 0 Å². The molecule has 2 amide bonds. The summed E-state index contributed by atoms with van der Waals surface area (Å²) in [6, 6.07) is 22.0. The molecule has 0 saturated carbocycles. The summed E-state index contributed by atoms with van der Waals surface area (Å²) in [5, 5.41) is 22.7. The Balaban J connectivity index is 0.000000349. The average molecular weight is 688 g/mol. The Morgan fingerprint density at radius 1 is 0.979 bits per heavy atom. The molecule has 0 spiro atoms. The normalized spacial score (nSPS) is 13.8. The second kappa shape index (κ2) is 15.5. The maximum absolute atomic E-state index is 13.1. The van der Waals surface area contributed by atoms with Crippen LogP contribution in [-0.2, 0) is 21.5 Å². The lowest BCUT2D eigenvalue weighted by Gasteiger charge is -2.34. The second-order valence-electron chi connectivity index (χ2n) is 11.4. The van der Waals surface area contributed by atoms with Gasteiger partial charge in [-0.2, -0.15) is 13.5 Å². The molecular formula is C35H37N5O6S2. The zero-order chi connectivity index (χ0) is 34.3. The summed E-state index contributed by atoms with van der Waals surface area (Å²) in [6.45, 7) is 6.69. The third kappa shape index (κ3) is 8.82. The van der Waals surface area contributed by atoms with Gasteiger partial charge in [-0.25, -0.2) is 0 Å². The molecule has 48 heavy (non-hydrogen) atoms. The highest BCUT2D eigenvalue weighted by Gasteiger charge is 2.21. The summed E-state index contributed by atoms with van der Waals surface area (Å²) in [6.07, 6.45) is 3.93. The summed E-state index contributed by atoms with van der Waals surface area (Å²) in [7, 11) is -4.02. The smallest absolute Gasteiger partial charge is 0.294 e. The van der Waals surface area contributed by atoms with Crippen molar-refractivity contribution in [3.8, 4) is 0 Å². The summed E-state index contributed by atoms with van der Waals surface area (Å²) in [4.78, 5) is 29.4. The van der Waals surface area contributed by atoms with E-state index in [1.165, 1.54) is 23.5 Å². The predicted molar refractivity (Wildman–Crippen MR) is 188 cm³/mol. The molecule has 1 fully saturated rings. The van der Waals surface area contributed by atoms with E-state index in [0.717, 1.165) is 57.6 Å². The lowest BCUT2D eigenvalue weighted by molar-refractivity contribution is -0.136. The first-order valence-corrected chi connectivity index (χ1v) is 17.6. The number of H-pyrrole nitrogens is 1. The van der Waals surface area contributed by atoms with Crippen LogP contribution >= 0.6 is 11.3 Å². The molecule has 3 heterocycles. The van der Waals surface area contributed by atoms with Crippen molar-refractivity contribution >= 4 is 62.0 Å². The molecule has 3 aromatic carbocycles. The largest absolute Gasteiger partial charge is 0.387 e. The monoisotopic (exact) mass is 687 g/mol. The summed E-state index contributed by atoms with van der Waals surface area (Å²) in [5.74, 6) is -0.352. The second-order valence-corrected chi connectivity index (χ2v) is 13.7. The number of nitrogens with one attached hydrogen (secondary N) is 2. The Morgan fingerprint density at radius 3 is 2.38 bits per heavy atom. The van der Waals surface area contributed by atoms with Crippen LogP contribution in [0, 0.1) is 13.8 Å². The number of aromatic nitrogens is 2. The van der Waals surface area contributed by atoms with Crippen LogP contribution in [0.1, 0.15) is 37.6 Å². The fourth-order valence-electron chi connectivity index (χ4n) is 5.24. The van der Waals surface area contributed by atoms with Crippen LogP contribution in [0.25, 0.3) is 23.1 Å². The zero-order valence-electron chi connectivity index (χ0n) is 26.6. The topological polar surface area (TPSA) is 156 Å². The quantitative estimate of drug-likeness (QED) is 0.162. The number of anilines is 1. The number of amides is 2. The van der Waals surface area contributed by atoms with Crippen molar-refractivity contribution in [1.82, 2.24) is 20.0 Å². The van der Waals surface area contributed by atoms with Gasteiger partial charge in [0.25, 0.3) is 16.0 Å². The first-order chi connectivity index (χ1) is 23.0. The van der Waals surface area contributed by atoms with Gasteiger partial charge in [0.2, 0.25) is 5.91 Å². The number of nitrogens with zero attached hydrogens (tertiary/aromatic N) is 3. The van der Waals surface area contributed by atoms with Crippen LogP contribution in [0.4, 0.5) is 5.69 Å². The fourth-order valence-corrected chi connectivity index (χ4v) is 6.54. The van der Waals surface area contributed by atoms with Gasteiger partial charge in [0.15, 0.2) is 0 Å². The van der Waals surface area contributed by atoms with Crippen molar-refractivity contribution in [2.24, 2.45) is 0 Å². The van der Waals surface area contributed by atoms with Crippen LogP contribution in [0.2, 0.25) is 0 Å². The van der Waals surface area contributed by atoms with Gasteiger partial charge in [-0.15, -0.1) is 11.3 Å². The molecule has 1 aliphatic rings. The summed E-state index contributed by atoms with van der Waals surface area (Å²) in [5.41, 5.74) is 6.41. The molecule has 0 radical (unpaired) electrons. The third-order valence-corrected chi connectivity index (χ3v) is 9.82. The Hall–Kier alpha value is -4.66. The predicted octanol–water partition coefficient (Wildman–Crippen LogP) is 5.23. The van der Waals surface area contributed by atoms with E-state index in [2.05, 4.69) is 26.5 Å². The number of rotatable bonds is 8. The number of hydrogen-bond acceptors (Lipinski definition) is 8. The van der Waals surface area contributed by atoms with Crippen LogP contribution in [0.5, 0.6) is 0 Å². The average Bonchev–Trinajstić information content (AvgIpc) is 3.70. The van der Waals surface area contributed by atoms with E-state index in [9.17, 15) is 18.0 Å².